The minimum Gasteiger partial charge on any atom is -0.215 e. The number of alkyl halides is 1. The number of nitrogens with zero attached hydrogens (tertiary/aromatic N) is 4. The van der Waals surface area contributed by atoms with Gasteiger partial charge < -0.3 is 0 Å². The van der Waals surface area contributed by atoms with E-state index in [-0.39, 0.29) is 0 Å². The van der Waals surface area contributed by atoms with Crippen molar-refractivity contribution in [2.24, 2.45) is 0 Å². The van der Waals surface area contributed by atoms with Gasteiger partial charge in [0.05, 0.1) is 11.6 Å². The van der Waals surface area contributed by atoms with Gasteiger partial charge in [0.25, 0.3) is 5.78 Å². The largest absolute Gasteiger partial charge is 0.253 e. The van der Waals surface area contributed by atoms with Crippen LogP contribution in [0.15, 0.2) is 12.4 Å². The molecule has 0 spiro atoms. The van der Waals surface area contributed by atoms with E-state index >= 15 is 0 Å². The van der Waals surface area contributed by atoms with E-state index in [0.717, 1.165) is 0 Å². The van der Waals surface area contributed by atoms with Gasteiger partial charge in [-0.15, -0.1) is 11.6 Å². The topological polar surface area (TPSA) is 43.1 Å². The fraction of sp³-hybridized carbons (Fsp3) is 0.167. The van der Waals surface area contributed by atoms with Crippen LogP contribution < -0.4 is 0 Å². The van der Waals surface area contributed by atoms with Gasteiger partial charge in [-0.25, -0.2) is 4.98 Å². The van der Waals surface area contributed by atoms with Crippen molar-refractivity contribution in [2.75, 3.05) is 0 Å². The minimum absolute atomic E-state index is 0.322. The standard InChI is InChI=1S/C6H4Cl2N4/c7-2-4-1-5(8)12-6(11-4)9-3-10-12/h1,3H,2H2. The number of rotatable bonds is 1. The van der Waals surface area contributed by atoms with E-state index in [0.29, 0.717) is 22.5 Å². The third kappa shape index (κ3) is 1.13. The highest BCUT2D eigenvalue weighted by atomic mass is 35.5. The summed E-state index contributed by atoms with van der Waals surface area (Å²) in [7, 11) is 0. The van der Waals surface area contributed by atoms with Crippen molar-refractivity contribution in [3.8, 4) is 0 Å². The van der Waals surface area contributed by atoms with Crippen LogP contribution in [0.25, 0.3) is 5.78 Å². The summed E-state index contributed by atoms with van der Waals surface area (Å²) in [4.78, 5) is 7.97. The number of hydrogen-bond donors (Lipinski definition) is 0. The lowest BCUT2D eigenvalue weighted by Gasteiger charge is -1.97. The van der Waals surface area contributed by atoms with Gasteiger partial charge in [-0.1, -0.05) is 11.6 Å². The van der Waals surface area contributed by atoms with Gasteiger partial charge in [0.2, 0.25) is 0 Å². The maximum absolute atomic E-state index is 5.84. The van der Waals surface area contributed by atoms with Crippen molar-refractivity contribution in [3.05, 3.63) is 23.2 Å². The Balaban J connectivity index is 2.75. The Hall–Kier alpha value is -0.870. The van der Waals surface area contributed by atoms with Crippen LogP contribution in [0, 0.1) is 0 Å². The first kappa shape index (κ1) is 7.76. The highest BCUT2D eigenvalue weighted by Gasteiger charge is 2.03. The summed E-state index contributed by atoms with van der Waals surface area (Å²) in [6, 6.07) is 1.66. The van der Waals surface area contributed by atoms with Crippen LogP contribution in [-0.4, -0.2) is 19.6 Å². The zero-order valence-corrected chi connectivity index (χ0v) is 7.42. The Kier molecular flexibility index (Phi) is 1.86. The van der Waals surface area contributed by atoms with E-state index in [1.807, 2.05) is 0 Å². The molecule has 0 unspecified atom stereocenters. The quantitative estimate of drug-likeness (QED) is 0.521. The van der Waals surface area contributed by atoms with Crippen LogP contribution >= 0.6 is 23.2 Å². The minimum atomic E-state index is 0.322. The maximum Gasteiger partial charge on any atom is 0.253 e. The third-order valence-electron chi connectivity index (χ3n) is 1.40. The molecule has 0 saturated carbocycles. The first-order chi connectivity index (χ1) is 5.81. The lowest BCUT2D eigenvalue weighted by Crippen LogP contribution is -1.95. The van der Waals surface area contributed by atoms with Crippen molar-refractivity contribution in [1.29, 1.82) is 0 Å². The second-order valence-corrected chi connectivity index (χ2v) is 2.83. The molecule has 0 saturated heterocycles. The van der Waals surface area contributed by atoms with E-state index in [2.05, 4.69) is 15.1 Å². The zero-order valence-electron chi connectivity index (χ0n) is 5.91. The second-order valence-electron chi connectivity index (χ2n) is 2.18. The Morgan fingerprint density at radius 1 is 1.50 bits per heavy atom. The molecular weight excluding hydrogens is 199 g/mol. The van der Waals surface area contributed by atoms with Gasteiger partial charge in [-0.2, -0.15) is 14.6 Å². The summed E-state index contributed by atoms with van der Waals surface area (Å²) in [5.41, 5.74) is 0.696. The lowest BCUT2D eigenvalue weighted by molar-refractivity contribution is 0.927. The predicted molar refractivity (Wildman–Crippen MR) is 45.3 cm³/mol. The molecule has 0 atom stereocenters. The Bertz CT molecular complexity index is 411. The third-order valence-corrected chi connectivity index (χ3v) is 1.94. The summed E-state index contributed by atoms with van der Waals surface area (Å²) < 4.78 is 1.44. The van der Waals surface area contributed by atoms with Crippen molar-refractivity contribution < 1.29 is 0 Å². The highest BCUT2D eigenvalue weighted by molar-refractivity contribution is 6.29. The molecule has 0 aliphatic rings. The van der Waals surface area contributed by atoms with Crippen LogP contribution in [-0.2, 0) is 5.88 Å². The fourth-order valence-electron chi connectivity index (χ4n) is 0.890. The molecule has 4 nitrogen and oxygen atoms in total. The summed E-state index contributed by atoms with van der Waals surface area (Å²) in [5, 5.41) is 4.33. The fourth-order valence-corrected chi connectivity index (χ4v) is 1.27. The predicted octanol–water partition coefficient (Wildman–Crippen LogP) is 1.52. The van der Waals surface area contributed by atoms with Gasteiger partial charge in [-0.05, 0) is 6.07 Å². The first-order valence-electron chi connectivity index (χ1n) is 3.22. The normalized spacial score (nSPS) is 10.8. The van der Waals surface area contributed by atoms with Gasteiger partial charge in [0, 0.05) is 0 Å². The molecule has 2 heterocycles. The zero-order chi connectivity index (χ0) is 8.55. The van der Waals surface area contributed by atoms with Crippen LogP contribution in [0.2, 0.25) is 5.15 Å². The Morgan fingerprint density at radius 2 is 2.33 bits per heavy atom. The molecular formula is C6H4Cl2N4. The van der Waals surface area contributed by atoms with Crippen LogP contribution in [0.4, 0.5) is 0 Å². The van der Waals surface area contributed by atoms with Crippen LogP contribution in [0.1, 0.15) is 5.69 Å². The molecule has 0 aliphatic heterocycles. The van der Waals surface area contributed by atoms with E-state index in [4.69, 9.17) is 23.2 Å². The molecule has 62 valence electrons. The maximum atomic E-state index is 5.84. The van der Waals surface area contributed by atoms with Crippen LogP contribution in [0.5, 0.6) is 0 Å². The molecule has 2 aromatic heterocycles. The second kappa shape index (κ2) is 2.88. The van der Waals surface area contributed by atoms with Crippen molar-refractivity contribution >= 4 is 29.0 Å². The summed E-state index contributed by atoms with van der Waals surface area (Å²) >= 11 is 11.4. The smallest absolute Gasteiger partial charge is 0.215 e. The monoisotopic (exact) mass is 202 g/mol. The van der Waals surface area contributed by atoms with E-state index < -0.39 is 0 Å². The molecule has 0 amide bonds. The Labute approximate surface area is 78.1 Å². The van der Waals surface area contributed by atoms with Crippen molar-refractivity contribution in [2.45, 2.75) is 5.88 Å². The summed E-state index contributed by atoms with van der Waals surface area (Å²) in [6.45, 7) is 0. The molecule has 0 aliphatic carbocycles. The van der Waals surface area contributed by atoms with E-state index in [1.54, 1.807) is 6.07 Å². The van der Waals surface area contributed by atoms with Crippen molar-refractivity contribution in [1.82, 2.24) is 19.6 Å². The van der Waals surface area contributed by atoms with E-state index in [9.17, 15) is 0 Å². The molecule has 0 bridgehead atoms. The molecule has 0 radical (unpaired) electrons. The van der Waals surface area contributed by atoms with Crippen LogP contribution in [0.3, 0.4) is 0 Å². The Morgan fingerprint density at radius 3 is 3.08 bits per heavy atom. The highest BCUT2D eigenvalue weighted by Crippen LogP contribution is 2.11. The number of halogens is 2. The lowest BCUT2D eigenvalue weighted by atomic mass is 10.5. The molecule has 6 heteroatoms. The van der Waals surface area contributed by atoms with Gasteiger partial charge in [0.15, 0.2) is 0 Å². The summed E-state index contributed by atoms with van der Waals surface area (Å²) in [5.74, 6) is 0.793. The molecule has 2 aromatic rings. The SMILES string of the molecule is ClCc1cc(Cl)n2ncnc2n1. The number of aromatic nitrogens is 4. The van der Waals surface area contributed by atoms with Crippen molar-refractivity contribution in [3.63, 3.8) is 0 Å². The average Bonchev–Trinajstić information content (AvgIpc) is 2.52. The van der Waals surface area contributed by atoms with E-state index in [1.165, 1.54) is 10.8 Å². The van der Waals surface area contributed by atoms with Gasteiger partial charge in [0.1, 0.15) is 11.5 Å². The van der Waals surface area contributed by atoms with Gasteiger partial charge in [-0.3, -0.25) is 0 Å². The van der Waals surface area contributed by atoms with Gasteiger partial charge >= 0.3 is 0 Å². The molecule has 0 aromatic carbocycles. The molecule has 2 rings (SSSR count). The molecule has 0 fully saturated rings. The first-order valence-corrected chi connectivity index (χ1v) is 4.13. The number of fused-ring (bicyclic) bond motifs is 1. The summed E-state index contributed by atoms with van der Waals surface area (Å²) in [6.07, 6.45) is 1.40. The molecule has 12 heavy (non-hydrogen) atoms. The average molecular weight is 203 g/mol. The molecule has 0 N–H and O–H groups in total. The number of hydrogen-bond acceptors (Lipinski definition) is 3.